The van der Waals surface area contributed by atoms with Crippen LogP contribution in [0.4, 0.5) is 0 Å². The molecule has 0 unspecified atom stereocenters. The van der Waals surface area contributed by atoms with Gasteiger partial charge in [-0.25, -0.2) is 0 Å². The van der Waals surface area contributed by atoms with E-state index in [9.17, 15) is 29.7 Å². The summed E-state index contributed by atoms with van der Waals surface area (Å²) in [5.41, 5.74) is 7.68. The van der Waals surface area contributed by atoms with E-state index in [-0.39, 0.29) is 73.2 Å². The van der Waals surface area contributed by atoms with Gasteiger partial charge in [-0.2, -0.15) is 35.3 Å². The number of aryl methyl sites for hydroxylation is 6. The van der Waals surface area contributed by atoms with Crippen molar-refractivity contribution in [1.29, 1.82) is 0 Å². The highest BCUT2D eigenvalue weighted by molar-refractivity contribution is 7.99. The highest BCUT2D eigenvalue weighted by Gasteiger charge is 2.31. The maximum absolute atomic E-state index is 12.9. The maximum atomic E-state index is 12.9. The number of hydrogen-bond acceptors (Lipinski definition) is 12. The van der Waals surface area contributed by atoms with Gasteiger partial charge in [-0.05, 0) is 133 Å². The van der Waals surface area contributed by atoms with Crippen molar-refractivity contribution >= 4 is 53.2 Å². The second kappa shape index (κ2) is 27.2. The molecule has 0 aliphatic rings. The van der Waals surface area contributed by atoms with Crippen molar-refractivity contribution in [1.82, 2.24) is 0 Å². The molecule has 0 saturated carbocycles. The van der Waals surface area contributed by atoms with Gasteiger partial charge in [-0.15, -0.1) is 0 Å². The molecule has 0 radical (unpaired) electrons. The van der Waals surface area contributed by atoms with Gasteiger partial charge in [0.25, 0.3) is 0 Å². The number of phenols is 3. The highest BCUT2D eigenvalue weighted by Crippen LogP contribution is 2.38. The zero-order valence-corrected chi connectivity index (χ0v) is 46.2. The number of thioether (sulfide) groups is 3. The van der Waals surface area contributed by atoms with Gasteiger partial charge in [0.15, 0.2) is 0 Å². The second-order valence-corrected chi connectivity index (χ2v) is 25.6. The first-order valence-corrected chi connectivity index (χ1v) is 27.9. The van der Waals surface area contributed by atoms with Crippen LogP contribution in [-0.4, -0.2) is 87.6 Å². The molecule has 380 valence electrons. The Balaban J connectivity index is 1.47. The second-order valence-electron chi connectivity index (χ2n) is 21.9. The summed E-state index contributed by atoms with van der Waals surface area (Å²) in [5, 5.41) is 32.8. The fourth-order valence-corrected chi connectivity index (χ4v) is 10.4. The molecule has 3 rings (SSSR count). The zero-order chi connectivity index (χ0) is 50.9. The van der Waals surface area contributed by atoms with E-state index in [0.717, 1.165) is 106 Å². The van der Waals surface area contributed by atoms with Crippen molar-refractivity contribution in [3.05, 3.63) is 86.5 Å². The van der Waals surface area contributed by atoms with E-state index in [1.807, 2.05) is 18.2 Å². The largest absolute Gasteiger partial charge is 0.507 e. The summed E-state index contributed by atoms with van der Waals surface area (Å²) in [6.07, 6.45) is 5.45. The number of carbonyl (C=O) groups is 3. The molecule has 68 heavy (non-hydrogen) atoms. The van der Waals surface area contributed by atoms with Gasteiger partial charge >= 0.3 is 17.9 Å². The molecule has 3 aromatic carbocycles. The number of benzene rings is 3. The lowest BCUT2D eigenvalue weighted by atomic mass is 9.83. The van der Waals surface area contributed by atoms with Crippen LogP contribution in [-0.2, 0) is 64.1 Å². The van der Waals surface area contributed by atoms with Crippen LogP contribution in [0.1, 0.15) is 158 Å². The number of phenolic OH excluding ortho intramolecular Hbond substituents is 3. The molecule has 0 atom stereocenters. The molecule has 0 fully saturated rings. The van der Waals surface area contributed by atoms with Crippen LogP contribution in [0.15, 0.2) is 36.4 Å². The summed E-state index contributed by atoms with van der Waals surface area (Å²) >= 11 is 4.99. The lowest BCUT2D eigenvalue weighted by molar-refractivity contribution is -0.160. The SMILES string of the molecule is Cc1cc(CCCSCCC(=O)OCC(C)(COC(=O)CCSCCCc2cc(C)cc(C(C)(C)C)c2O)COC(=O)CCSCCCc2cc(C)cc(C(C)(C)C)c2O)c(O)c(C(C)(C)C)c1. The van der Waals surface area contributed by atoms with E-state index in [1.54, 1.807) is 42.2 Å². The summed E-state index contributed by atoms with van der Waals surface area (Å²) in [6, 6.07) is 12.3. The Bertz CT molecular complexity index is 1880. The van der Waals surface area contributed by atoms with Gasteiger partial charge < -0.3 is 29.5 Å². The lowest BCUT2D eigenvalue weighted by Crippen LogP contribution is -2.37. The standard InChI is InChI=1S/C56H84O9S3/c1-38-29-41(50(60)44(32-38)53(4,5)6)17-14-23-66-26-20-47(57)63-35-56(13,36-64-48(58)21-27-67-24-15-18-42-30-39(2)33-45(51(42)61)54(7,8)9)37-65-49(59)22-28-68-25-16-19-43-31-40(3)34-46(52(43)62)55(10,11)12/h29-34,60-62H,14-28,35-37H2,1-13H3. The molecule has 0 saturated heterocycles. The predicted octanol–water partition coefficient (Wildman–Crippen LogP) is 12.8. The molecule has 0 bridgehead atoms. The van der Waals surface area contributed by atoms with Crippen molar-refractivity contribution in [3.8, 4) is 17.2 Å². The average molecular weight is 997 g/mol. The molecule has 0 aliphatic carbocycles. The fourth-order valence-electron chi connectivity index (χ4n) is 7.82. The molecule has 0 aromatic heterocycles. The third-order valence-electron chi connectivity index (χ3n) is 11.7. The number of aromatic hydroxyl groups is 3. The Morgan fingerprint density at radius 3 is 0.912 bits per heavy atom. The molecular weight excluding hydrogens is 913 g/mol. The quantitative estimate of drug-likeness (QED) is 0.0380. The molecule has 9 nitrogen and oxygen atoms in total. The zero-order valence-electron chi connectivity index (χ0n) is 43.7. The van der Waals surface area contributed by atoms with Gasteiger partial charge in [0.2, 0.25) is 0 Å². The Morgan fingerprint density at radius 1 is 0.426 bits per heavy atom. The van der Waals surface area contributed by atoms with E-state index in [0.29, 0.717) is 34.5 Å². The molecule has 3 N–H and O–H groups in total. The van der Waals surface area contributed by atoms with Gasteiger partial charge in [-0.1, -0.05) is 115 Å². The van der Waals surface area contributed by atoms with Gasteiger partial charge in [0.1, 0.15) is 37.1 Å². The first-order valence-electron chi connectivity index (χ1n) is 24.4. The summed E-state index contributed by atoms with van der Waals surface area (Å²) in [4.78, 5) is 38.8. The number of carbonyl (C=O) groups excluding carboxylic acids is 3. The molecule has 12 heteroatoms. The number of ether oxygens (including phenoxy) is 3. The summed E-state index contributed by atoms with van der Waals surface area (Å²) in [7, 11) is 0. The third kappa shape index (κ3) is 20.5. The minimum absolute atomic E-state index is 0.0746. The van der Waals surface area contributed by atoms with Gasteiger partial charge in [0.05, 0.1) is 24.7 Å². The van der Waals surface area contributed by atoms with E-state index in [1.165, 1.54) is 0 Å². The number of hydrogen-bond donors (Lipinski definition) is 3. The summed E-state index contributed by atoms with van der Waals surface area (Å²) in [6.45, 7) is 26.6. The minimum Gasteiger partial charge on any atom is -0.507 e. The molecule has 0 spiro atoms. The van der Waals surface area contributed by atoms with Crippen molar-refractivity contribution in [2.24, 2.45) is 5.41 Å². The fraction of sp³-hybridized carbons (Fsp3) is 0.625. The van der Waals surface area contributed by atoms with Gasteiger partial charge in [0, 0.05) is 17.3 Å². The maximum Gasteiger partial charge on any atom is 0.306 e. The Labute approximate surface area is 422 Å². The van der Waals surface area contributed by atoms with Gasteiger partial charge in [-0.3, -0.25) is 14.4 Å². The van der Waals surface area contributed by atoms with Crippen LogP contribution in [0.3, 0.4) is 0 Å². The summed E-state index contributed by atoms with van der Waals surface area (Å²) in [5.74, 6) is 4.22. The number of esters is 3. The number of rotatable bonds is 27. The minimum atomic E-state index is -0.945. The Hall–Kier alpha value is -3.48. The predicted molar refractivity (Wildman–Crippen MR) is 286 cm³/mol. The normalized spacial score (nSPS) is 12.3. The highest BCUT2D eigenvalue weighted by atomic mass is 32.2. The van der Waals surface area contributed by atoms with Crippen LogP contribution in [0.2, 0.25) is 0 Å². The van der Waals surface area contributed by atoms with Crippen LogP contribution >= 0.6 is 35.3 Å². The Kier molecular flexibility index (Phi) is 23.5. The van der Waals surface area contributed by atoms with Crippen LogP contribution < -0.4 is 0 Å². The van der Waals surface area contributed by atoms with Crippen molar-refractivity contribution < 1.29 is 43.9 Å². The summed E-state index contributed by atoms with van der Waals surface area (Å²) < 4.78 is 17.2. The van der Waals surface area contributed by atoms with Crippen molar-refractivity contribution in [2.75, 3.05) is 54.3 Å². The van der Waals surface area contributed by atoms with E-state index in [4.69, 9.17) is 14.2 Å². The Morgan fingerprint density at radius 2 is 0.676 bits per heavy atom. The van der Waals surface area contributed by atoms with E-state index < -0.39 is 5.41 Å². The van der Waals surface area contributed by atoms with E-state index >= 15 is 0 Å². The first-order chi connectivity index (χ1) is 31.7. The van der Waals surface area contributed by atoms with Crippen LogP contribution in [0.25, 0.3) is 0 Å². The smallest absolute Gasteiger partial charge is 0.306 e. The average Bonchev–Trinajstić information content (AvgIpc) is 3.24. The molecule has 0 amide bonds. The molecular formula is C56H84O9S3. The lowest BCUT2D eigenvalue weighted by Gasteiger charge is -2.28. The van der Waals surface area contributed by atoms with Crippen molar-refractivity contribution in [2.45, 2.75) is 164 Å². The van der Waals surface area contributed by atoms with Crippen LogP contribution in [0.5, 0.6) is 17.2 Å². The molecule has 0 heterocycles. The topological polar surface area (TPSA) is 140 Å². The van der Waals surface area contributed by atoms with E-state index in [2.05, 4.69) is 101 Å². The van der Waals surface area contributed by atoms with Crippen molar-refractivity contribution in [3.63, 3.8) is 0 Å². The first kappa shape index (κ1) is 58.8. The third-order valence-corrected chi connectivity index (χ3v) is 14.9. The monoisotopic (exact) mass is 997 g/mol. The molecule has 3 aromatic rings. The molecule has 0 aliphatic heterocycles. The van der Waals surface area contributed by atoms with Crippen LogP contribution in [0, 0.1) is 26.2 Å².